The van der Waals surface area contributed by atoms with Crippen molar-refractivity contribution in [2.75, 3.05) is 4.90 Å². The molecule has 0 unspecified atom stereocenters. The molecule has 0 aliphatic rings. The molecule has 0 atom stereocenters. The maximum Gasteiger partial charge on any atom is 0.0546 e. The van der Waals surface area contributed by atoms with Crippen LogP contribution in [0.15, 0.2) is 237 Å². The fraction of sp³-hybridized carbons (Fsp3) is 0. The maximum atomic E-state index is 2.44. The fourth-order valence-corrected chi connectivity index (χ4v) is 9.06. The molecular formula is C58H39N. The summed E-state index contributed by atoms with van der Waals surface area (Å²) in [5, 5.41) is 10.0. The Morgan fingerprint density at radius 1 is 0.237 bits per heavy atom. The average Bonchev–Trinajstić information content (AvgIpc) is 3.32. The van der Waals surface area contributed by atoms with Crippen molar-refractivity contribution >= 4 is 60.2 Å². The van der Waals surface area contributed by atoms with Gasteiger partial charge in [0.25, 0.3) is 0 Å². The van der Waals surface area contributed by atoms with Gasteiger partial charge in [0.1, 0.15) is 0 Å². The summed E-state index contributed by atoms with van der Waals surface area (Å²) in [6.07, 6.45) is 0. The minimum absolute atomic E-state index is 1.10. The molecule has 0 saturated heterocycles. The average molecular weight is 750 g/mol. The number of anilines is 3. The van der Waals surface area contributed by atoms with Crippen LogP contribution < -0.4 is 4.90 Å². The van der Waals surface area contributed by atoms with E-state index < -0.39 is 0 Å². The van der Waals surface area contributed by atoms with Crippen molar-refractivity contribution in [3.63, 3.8) is 0 Å². The zero-order valence-corrected chi connectivity index (χ0v) is 32.5. The van der Waals surface area contributed by atoms with Crippen molar-refractivity contribution in [2.45, 2.75) is 0 Å². The van der Waals surface area contributed by atoms with Gasteiger partial charge in [-0.1, -0.05) is 206 Å². The van der Waals surface area contributed by atoms with Crippen LogP contribution in [0.4, 0.5) is 17.1 Å². The molecule has 59 heavy (non-hydrogen) atoms. The predicted octanol–water partition coefficient (Wildman–Crippen LogP) is 16.4. The van der Waals surface area contributed by atoms with Gasteiger partial charge in [-0.3, -0.25) is 0 Å². The Labute approximate surface area is 344 Å². The molecule has 11 rings (SSSR count). The molecule has 0 spiro atoms. The third-order valence-electron chi connectivity index (χ3n) is 11.9. The molecule has 11 aromatic rings. The van der Waals surface area contributed by atoms with E-state index in [9.17, 15) is 0 Å². The quantitative estimate of drug-likeness (QED) is 0.147. The predicted molar refractivity (Wildman–Crippen MR) is 253 cm³/mol. The second-order valence-electron chi connectivity index (χ2n) is 15.2. The lowest BCUT2D eigenvalue weighted by Crippen LogP contribution is -2.10. The summed E-state index contributed by atoms with van der Waals surface area (Å²) in [4.78, 5) is 2.44. The summed E-state index contributed by atoms with van der Waals surface area (Å²) < 4.78 is 0. The van der Waals surface area contributed by atoms with Gasteiger partial charge in [-0.15, -0.1) is 0 Å². The lowest BCUT2D eigenvalue weighted by molar-refractivity contribution is 1.30. The lowest BCUT2D eigenvalue weighted by Gasteiger charge is -2.28. The van der Waals surface area contributed by atoms with Crippen molar-refractivity contribution in [3.05, 3.63) is 237 Å². The first-order valence-corrected chi connectivity index (χ1v) is 20.3. The van der Waals surface area contributed by atoms with Crippen LogP contribution in [-0.2, 0) is 0 Å². The van der Waals surface area contributed by atoms with Crippen LogP contribution in [0.1, 0.15) is 0 Å². The number of rotatable bonds is 7. The first-order valence-electron chi connectivity index (χ1n) is 20.3. The highest BCUT2D eigenvalue weighted by molar-refractivity contribution is 6.28. The molecule has 0 aliphatic heterocycles. The van der Waals surface area contributed by atoms with Gasteiger partial charge in [0.15, 0.2) is 0 Å². The van der Waals surface area contributed by atoms with E-state index >= 15 is 0 Å². The molecule has 0 N–H and O–H groups in total. The number of fused-ring (bicyclic) bond motifs is 7. The summed E-state index contributed by atoms with van der Waals surface area (Å²) in [5.41, 5.74) is 13.0. The van der Waals surface area contributed by atoms with Crippen molar-refractivity contribution in [1.29, 1.82) is 0 Å². The van der Waals surface area contributed by atoms with Crippen LogP contribution in [-0.4, -0.2) is 0 Å². The highest BCUT2D eigenvalue weighted by atomic mass is 15.1. The van der Waals surface area contributed by atoms with Crippen LogP contribution >= 0.6 is 0 Å². The van der Waals surface area contributed by atoms with Crippen molar-refractivity contribution in [3.8, 4) is 44.5 Å². The molecule has 0 radical (unpaired) electrons. The lowest BCUT2D eigenvalue weighted by atomic mass is 9.89. The summed E-state index contributed by atoms with van der Waals surface area (Å²) in [5.74, 6) is 0. The van der Waals surface area contributed by atoms with Crippen molar-refractivity contribution in [1.82, 2.24) is 0 Å². The summed E-state index contributed by atoms with van der Waals surface area (Å²) >= 11 is 0. The molecule has 1 heteroatoms. The monoisotopic (exact) mass is 749 g/mol. The van der Waals surface area contributed by atoms with E-state index in [-0.39, 0.29) is 0 Å². The van der Waals surface area contributed by atoms with Crippen LogP contribution in [0, 0.1) is 0 Å². The third kappa shape index (κ3) is 6.12. The molecular weight excluding hydrogens is 711 g/mol. The highest BCUT2D eigenvalue weighted by Crippen LogP contribution is 2.46. The van der Waals surface area contributed by atoms with E-state index in [0.29, 0.717) is 0 Å². The molecule has 0 fully saturated rings. The van der Waals surface area contributed by atoms with E-state index in [1.165, 1.54) is 87.6 Å². The van der Waals surface area contributed by atoms with Gasteiger partial charge in [-0.2, -0.15) is 0 Å². The van der Waals surface area contributed by atoms with Crippen LogP contribution in [0.2, 0.25) is 0 Å². The van der Waals surface area contributed by atoms with E-state index in [0.717, 1.165) is 17.1 Å². The second kappa shape index (κ2) is 14.6. The Morgan fingerprint density at radius 3 is 1.22 bits per heavy atom. The van der Waals surface area contributed by atoms with Gasteiger partial charge in [0.05, 0.1) is 5.69 Å². The van der Waals surface area contributed by atoms with Crippen molar-refractivity contribution < 1.29 is 0 Å². The van der Waals surface area contributed by atoms with Crippen LogP contribution in [0.25, 0.3) is 87.6 Å². The minimum atomic E-state index is 1.10. The SMILES string of the molecule is c1ccc(-c2ccc(-c3ccc(N(c4ccc(-c5ccc6ccccc6c5-c5ccccc5)cc4)c4cccc5c6ccccc6c6ccccc6c45)cc3)cc2)cc1. The molecule has 0 aliphatic carbocycles. The Bertz CT molecular complexity index is 3230. The van der Waals surface area contributed by atoms with E-state index in [1.807, 2.05) is 0 Å². The normalized spacial score (nSPS) is 11.4. The summed E-state index contributed by atoms with van der Waals surface area (Å²) in [6, 6.07) is 86.2. The summed E-state index contributed by atoms with van der Waals surface area (Å²) in [7, 11) is 0. The van der Waals surface area contributed by atoms with Gasteiger partial charge in [-0.25, -0.2) is 0 Å². The smallest absolute Gasteiger partial charge is 0.0546 e. The van der Waals surface area contributed by atoms with Gasteiger partial charge < -0.3 is 4.90 Å². The number of hydrogen-bond donors (Lipinski definition) is 0. The van der Waals surface area contributed by atoms with E-state index in [1.54, 1.807) is 0 Å². The fourth-order valence-electron chi connectivity index (χ4n) is 9.06. The Kier molecular flexibility index (Phi) is 8.56. The molecule has 1 nitrogen and oxygen atoms in total. The molecule has 0 bridgehead atoms. The van der Waals surface area contributed by atoms with Gasteiger partial charge >= 0.3 is 0 Å². The molecule has 0 amide bonds. The molecule has 0 heterocycles. The largest absolute Gasteiger partial charge is 0.310 e. The zero-order valence-electron chi connectivity index (χ0n) is 32.5. The Morgan fingerprint density at radius 2 is 0.644 bits per heavy atom. The summed E-state index contributed by atoms with van der Waals surface area (Å²) in [6.45, 7) is 0. The van der Waals surface area contributed by atoms with Gasteiger partial charge in [0, 0.05) is 16.8 Å². The van der Waals surface area contributed by atoms with Crippen LogP contribution in [0.3, 0.4) is 0 Å². The standard InChI is InChI=1S/C58H39N/c1-3-14-40(15-4-1)41-26-28-42(29-27-41)43-30-35-47(36-31-43)59(56-25-13-24-55-53-21-10-9-20-51(53)52-22-11-12-23-54(52)58(55)56)48-37-32-45(33-38-48)50-39-34-44-16-7-8-19-49(44)57(50)46-17-5-2-6-18-46/h1-39H. The Hall–Kier alpha value is -7.74. The van der Waals surface area contributed by atoms with Crippen LogP contribution in [0.5, 0.6) is 0 Å². The van der Waals surface area contributed by atoms with E-state index in [4.69, 9.17) is 0 Å². The number of hydrogen-bond acceptors (Lipinski definition) is 1. The second-order valence-corrected chi connectivity index (χ2v) is 15.2. The van der Waals surface area contributed by atoms with Gasteiger partial charge in [-0.05, 0) is 113 Å². The third-order valence-corrected chi connectivity index (χ3v) is 11.9. The Balaban J connectivity index is 1.08. The first-order chi connectivity index (χ1) is 29.3. The van der Waals surface area contributed by atoms with Crippen molar-refractivity contribution in [2.24, 2.45) is 0 Å². The number of benzene rings is 11. The topological polar surface area (TPSA) is 3.24 Å². The molecule has 0 saturated carbocycles. The molecule has 276 valence electrons. The first kappa shape index (κ1) is 34.5. The maximum absolute atomic E-state index is 2.44. The van der Waals surface area contributed by atoms with E-state index in [2.05, 4.69) is 241 Å². The number of nitrogens with zero attached hydrogens (tertiary/aromatic N) is 1. The minimum Gasteiger partial charge on any atom is -0.310 e. The van der Waals surface area contributed by atoms with Gasteiger partial charge in [0.2, 0.25) is 0 Å². The highest BCUT2D eigenvalue weighted by Gasteiger charge is 2.20. The molecule has 0 aromatic heterocycles. The molecule has 11 aromatic carbocycles. The zero-order chi connectivity index (χ0) is 39.1.